The third kappa shape index (κ3) is 2.81. The highest BCUT2D eigenvalue weighted by molar-refractivity contribution is 6.01. The van der Waals surface area contributed by atoms with E-state index < -0.39 is 11.4 Å². The van der Waals surface area contributed by atoms with Crippen molar-refractivity contribution in [2.45, 2.75) is 45.1 Å². The molecule has 0 aliphatic heterocycles. The second-order valence-corrected chi connectivity index (χ2v) is 5.39. The molecule has 0 spiro atoms. The standard InChI is InChI=1S/C13H20N4O3/c1-17(8-10-14-9-15-16-10)11(18)13(12(19)20)6-4-2-3-5-7-13/h9H,2-8H2,1H3,(H,19,20)(H,14,15,16). The summed E-state index contributed by atoms with van der Waals surface area (Å²) in [4.78, 5) is 29.7. The molecule has 1 aliphatic carbocycles. The van der Waals surface area contributed by atoms with Crippen LogP contribution in [0.25, 0.3) is 0 Å². The van der Waals surface area contributed by atoms with Crippen LogP contribution in [0.15, 0.2) is 6.33 Å². The second-order valence-electron chi connectivity index (χ2n) is 5.39. The molecule has 7 heteroatoms. The number of hydrogen-bond acceptors (Lipinski definition) is 4. The number of nitrogens with one attached hydrogen (secondary N) is 1. The molecule has 7 nitrogen and oxygen atoms in total. The third-order valence-corrected chi connectivity index (χ3v) is 3.97. The summed E-state index contributed by atoms with van der Waals surface area (Å²) in [7, 11) is 1.61. The van der Waals surface area contributed by atoms with Crippen molar-refractivity contribution in [2.24, 2.45) is 5.41 Å². The largest absolute Gasteiger partial charge is 0.480 e. The van der Waals surface area contributed by atoms with E-state index in [2.05, 4.69) is 15.2 Å². The number of nitrogens with zero attached hydrogens (tertiary/aromatic N) is 3. The quantitative estimate of drug-likeness (QED) is 0.637. The zero-order valence-electron chi connectivity index (χ0n) is 11.6. The Morgan fingerprint density at radius 3 is 2.50 bits per heavy atom. The number of hydrogen-bond donors (Lipinski definition) is 2. The van der Waals surface area contributed by atoms with E-state index >= 15 is 0 Å². The summed E-state index contributed by atoms with van der Waals surface area (Å²) in [5.74, 6) is -0.785. The van der Waals surface area contributed by atoms with Crippen molar-refractivity contribution < 1.29 is 14.7 Å². The Bertz CT molecular complexity index is 464. The van der Waals surface area contributed by atoms with Gasteiger partial charge in [-0.25, -0.2) is 4.98 Å². The molecule has 0 saturated heterocycles. The Balaban J connectivity index is 2.15. The number of aromatic nitrogens is 3. The van der Waals surface area contributed by atoms with E-state index in [4.69, 9.17) is 0 Å². The van der Waals surface area contributed by atoms with Crippen molar-refractivity contribution in [2.75, 3.05) is 7.05 Å². The van der Waals surface area contributed by atoms with Crippen molar-refractivity contribution >= 4 is 11.9 Å². The summed E-state index contributed by atoms with van der Waals surface area (Å²) in [5.41, 5.74) is -1.27. The predicted molar refractivity (Wildman–Crippen MR) is 70.6 cm³/mol. The number of H-pyrrole nitrogens is 1. The van der Waals surface area contributed by atoms with Gasteiger partial charge in [0.05, 0.1) is 6.54 Å². The molecule has 2 N–H and O–H groups in total. The van der Waals surface area contributed by atoms with Crippen LogP contribution >= 0.6 is 0 Å². The molecule has 1 heterocycles. The molecule has 1 aromatic heterocycles. The molecule has 0 unspecified atom stereocenters. The molecule has 20 heavy (non-hydrogen) atoms. The lowest BCUT2D eigenvalue weighted by molar-refractivity contribution is -0.161. The topological polar surface area (TPSA) is 99.2 Å². The van der Waals surface area contributed by atoms with Crippen LogP contribution in [0.2, 0.25) is 0 Å². The van der Waals surface area contributed by atoms with Gasteiger partial charge in [0.25, 0.3) is 0 Å². The Labute approximate surface area is 117 Å². The molecule has 1 fully saturated rings. The van der Waals surface area contributed by atoms with E-state index in [1.165, 1.54) is 11.2 Å². The molecule has 1 aliphatic rings. The van der Waals surface area contributed by atoms with Gasteiger partial charge in [0.2, 0.25) is 5.91 Å². The van der Waals surface area contributed by atoms with Gasteiger partial charge >= 0.3 is 5.97 Å². The number of aliphatic carboxylic acids is 1. The van der Waals surface area contributed by atoms with E-state index in [9.17, 15) is 14.7 Å². The average molecular weight is 280 g/mol. The number of rotatable bonds is 4. The maximum Gasteiger partial charge on any atom is 0.319 e. The number of carbonyl (C=O) groups is 2. The molecule has 1 amide bonds. The number of aromatic amines is 1. The SMILES string of the molecule is CN(Cc1ncn[nH]1)C(=O)C1(C(=O)O)CCCCCC1. The first-order valence-corrected chi connectivity index (χ1v) is 6.89. The van der Waals surface area contributed by atoms with Gasteiger partial charge in [-0.3, -0.25) is 14.7 Å². The fraction of sp³-hybridized carbons (Fsp3) is 0.692. The summed E-state index contributed by atoms with van der Waals surface area (Å²) >= 11 is 0. The molecule has 2 rings (SSSR count). The van der Waals surface area contributed by atoms with E-state index in [0.29, 0.717) is 18.7 Å². The minimum Gasteiger partial charge on any atom is -0.480 e. The second kappa shape index (κ2) is 6.02. The summed E-state index contributed by atoms with van der Waals surface area (Å²) in [6.07, 6.45) is 5.76. The van der Waals surface area contributed by atoms with Crippen LogP contribution in [0.3, 0.4) is 0 Å². The molecule has 0 atom stereocenters. The summed E-state index contributed by atoms with van der Waals surface area (Å²) in [5, 5.41) is 16.0. The first-order chi connectivity index (χ1) is 9.56. The van der Waals surface area contributed by atoms with Crippen molar-refractivity contribution in [3.63, 3.8) is 0 Å². The van der Waals surface area contributed by atoms with Crippen LogP contribution in [0, 0.1) is 5.41 Å². The van der Waals surface area contributed by atoms with Gasteiger partial charge in [-0.05, 0) is 12.8 Å². The van der Waals surface area contributed by atoms with Gasteiger partial charge in [-0.15, -0.1) is 0 Å². The molecule has 1 aromatic rings. The van der Waals surface area contributed by atoms with Gasteiger partial charge in [-0.2, -0.15) is 5.10 Å². The Morgan fingerprint density at radius 2 is 2.00 bits per heavy atom. The molecule has 1 saturated carbocycles. The Hall–Kier alpha value is -1.92. The van der Waals surface area contributed by atoms with Crippen molar-refractivity contribution in [3.05, 3.63) is 12.2 Å². The average Bonchev–Trinajstić information content (AvgIpc) is 2.79. The molecule has 0 bridgehead atoms. The highest BCUT2D eigenvalue weighted by Crippen LogP contribution is 2.37. The summed E-state index contributed by atoms with van der Waals surface area (Å²) < 4.78 is 0. The van der Waals surface area contributed by atoms with Crippen LogP contribution in [0.4, 0.5) is 0 Å². The Morgan fingerprint density at radius 1 is 1.35 bits per heavy atom. The predicted octanol–water partition coefficient (Wildman–Crippen LogP) is 1.19. The first kappa shape index (κ1) is 14.5. The van der Waals surface area contributed by atoms with Crippen molar-refractivity contribution in [1.82, 2.24) is 20.1 Å². The molecular weight excluding hydrogens is 260 g/mol. The first-order valence-electron chi connectivity index (χ1n) is 6.89. The van der Waals surface area contributed by atoms with Crippen molar-refractivity contribution in [3.8, 4) is 0 Å². The van der Waals surface area contributed by atoms with Crippen LogP contribution in [-0.4, -0.2) is 44.1 Å². The number of carboxylic acid groups (broad SMARTS) is 1. The van der Waals surface area contributed by atoms with Gasteiger partial charge in [-0.1, -0.05) is 25.7 Å². The zero-order chi connectivity index (χ0) is 14.6. The van der Waals surface area contributed by atoms with Crippen LogP contribution < -0.4 is 0 Å². The minimum atomic E-state index is -1.27. The number of carbonyl (C=O) groups excluding carboxylic acids is 1. The molecule has 0 radical (unpaired) electrons. The summed E-state index contributed by atoms with van der Waals surface area (Å²) in [6.45, 7) is 0.244. The molecular formula is C13H20N4O3. The van der Waals surface area contributed by atoms with Gasteiger partial charge in [0.15, 0.2) is 0 Å². The van der Waals surface area contributed by atoms with E-state index in [1.807, 2.05) is 0 Å². The van der Waals surface area contributed by atoms with Gasteiger partial charge in [0, 0.05) is 7.05 Å². The normalized spacial score (nSPS) is 18.2. The minimum absolute atomic E-state index is 0.244. The number of amides is 1. The third-order valence-electron chi connectivity index (χ3n) is 3.97. The van der Waals surface area contributed by atoms with Crippen LogP contribution in [0.5, 0.6) is 0 Å². The fourth-order valence-electron chi connectivity index (χ4n) is 2.82. The van der Waals surface area contributed by atoms with Crippen LogP contribution in [0.1, 0.15) is 44.3 Å². The van der Waals surface area contributed by atoms with Crippen LogP contribution in [-0.2, 0) is 16.1 Å². The van der Waals surface area contributed by atoms with Gasteiger partial charge < -0.3 is 10.0 Å². The lowest BCUT2D eigenvalue weighted by Crippen LogP contribution is -2.47. The maximum atomic E-state index is 12.6. The Kier molecular flexibility index (Phi) is 4.36. The monoisotopic (exact) mass is 280 g/mol. The number of carboxylic acids is 1. The van der Waals surface area contributed by atoms with E-state index in [1.54, 1.807) is 7.05 Å². The van der Waals surface area contributed by atoms with Crippen molar-refractivity contribution in [1.29, 1.82) is 0 Å². The molecule has 110 valence electrons. The zero-order valence-corrected chi connectivity index (χ0v) is 11.6. The maximum absolute atomic E-state index is 12.6. The lowest BCUT2D eigenvalue weighted by Gasteiger charge is -2.31. The highest BCUT2D eigenvalue weighted by Gasteiger charge is 2.47. The van der Waals surface area contributed by atoms with E-state index in [0.717, 1.165) is 25.7 Å². The lowest BCUT2D eigenvalue weighted by atomic mass is 9.79. The van der Waals surface area contributed by atoms with Gasteiger partial charge in [0.1, 0.15) is 17.6 Å². The highest BCUT2D eigenvalue weighted by atomic mass is 16.4. The van der Waals surface area contributed by atoms with E-state index in [-0.39, 0.29) is 12.5 Å². The fourth-order valence-corrected chi connectivity index (χ4v) is 2.82. The molecule has 0 aromatic carbocycles. The smallest absolute Gasteiger partial charge is 0.319 e. The summed E-state index contributed by atoms with van der Waals surface area (Å²) in [6, 6.07) is 0.